The van der Waals surface area contributed by atoms with Crippen LogP contribution >= 0.6 is 11.3 Å². The summed E-state index contributed by atoms with van der Waals surface area (Å²) in [5, 5.41) is 13.6. The number of nitrogens with one attached hydrogen (secondary N) is 1. The van der Waals surface area contributed by atoms with Crippen molar-refractivity contribution in [1.29, 1.82) is 0 Å². The summed E-state index contributed by atoms with van der Waals surface area (Å²) in [4.78, 5) is 27.1. The third kappa shape index (κ3) is 2.80. The second-order valence-electron chi connectivity index (χ2n) is 4.03. The van der Waals surface area contributed by atoms with E-state index < -0.39 is 22.3 Å². The number of carbonyl (C=O) groups excluding carboxylic acids is 1. The fraction of sp³-hybridized carbons (Fsp3) is 0.167. The average molecular weight is 295 g/mol. The highest BCUT2D eigenvalue weighted by atomic mass is 32.1. The van der Waals surface area contributed by atoms with Gasteiger partial charge in [0.15, 0.2) is 5.13 Å². The second kappa shape index (κ2) is 5.33. The Balaban J connectivity index is 2.33. The van der Waals surface area contributed by atoms with Crippen LogP contribution in [0.15, 0.2) is 18.2 Å². The molecule has 0 aliphatic heterocycles. The molecule has 0 atom stereocenters. The van der Waals surface area contributed by atoms with Gasteiger partial charge in [0.2, 0.25) is 0 Å². The largest absolute Gasteiger partial charge is 0.298 e. The number of halogens is 1. The molecule has 0 bridgehead atoms. The summed E-state index contributed by atoms with van der Waals surface area (Å²) >= 11 is 1.25. The summed E-state index contributed by atoms with van der Waals surface area (Å²) < 4.78 is 13.2. The molecular formula is C12H10FN3O3S. The molecule has 104 valence electrons. The van der Waals surface area contributed by atoms with Gasteiger partial charge in [0, 0.05) is 10.9 Å². The Morgan fingerprint density at radius 3 is 2.70 bits per heavy atom. The molecule has 0 fully saturated rings. The molecule has 2 aromatic rings. The maximum absolute atomic E-state index is 13.2. The molecule has 0 unspecified atom stereocenters. The van der Waals surface area contributed by atoms with Gasteiger partial charge in [-0.15, -0.1) is 11.3 Å². The minimum Gasteiger partial charge on any atom is -0.298 e. The zero-order valence-electron chi connectivity index (χ0n) is 10.6. The predicted molar refractivity (Wildman–Crippen MR) is 72.6 cm³/mol. The number of anilines is 1. The van der Waals surface area contributed by atoms with Crippen LogP contribution in [0.5, 0.6) is 0 Å². The van der Waals surface area contributed by atoms with Crippen molar-refractivity contribution in [3.8, 4) is 0 Å². The molecule has 8 heteroatoms. The Morgan fingerprint density at radius 1 is 1.45 bits per heavy atom. The lowest BCUT2D eigenvalue weighted by Crippen LogP contribution is -2.14. The molecule has 6 nitrogen and oxygen atoms in total. The van der Waals surface area contributed by atoms with Crippen LogP contribution < -0.4 is 5.32 Å². The van der Waals surface area contributed by atoms with E-state index in [2.05, 4.69) is 10.3 Å². The van der Waals surface area contributed by atoms with Crippen molar-refractivity contribution >= 4 is 28.1 Å². The Morgan fingerprint density at radius 2 is 2.15 bits per heavy atom. The highest BCUT2D eigenvalue weighted by molar-refractivity contribution is 7.15. The highest BCUT2D eigenvalue weighted by Crippen LogP contribution is 2.24. The molecule has 0 radical (unpaired) electrons. The van der Waals surface area contributed by atoms with Crippen LogP contribution in [0.2, 0.25) is 0 Å². The van der Waals surface area contributed by atoms with Gasteiger partial charge in [-0.2, -0.15) is 0 Å². The molecule has 20 heavy (non-hydrogen) atoms. The van der Waals surface area contributed by atoms with Crippen molar-refractivity contribution in [3.63, 3.8) is 0 Å². The number of carbonyl (C=O) groups is 1. The second-order valence-corrected chi connectivity index (χ2v) is 5.24. The number of hydrogen-bond donors (Lipinski definition) is 1. The van der Waals surface area contributed by atoms with Gasteiger partial charge in [-0.1, -0.05) is 0 Å². The lowest BCUT2D eigenvalue weighted by molar-refractivity contribution is -0.385. The fourth-order valence-electron chi connectivity index (χ4n) is 1.54. The van der Waals surface area contributed by atoms with Crippen LogP contribution in [0.25, 0.3) is 0 Å². The Kier molecular flexibility index (Phi) is 3.75. The van der Waals surface area contributed by atoms with E-state index >= 15 is 0 Å². The monoisotopic (exact) mass is 295 g/mol. The molecule has 1 aromatic carbocycles. The summed E-state index contributed by atoms with van der Waals surface area (Å²) in [6.45, 7) is 3.62. The third-order valence-corrected chi connectivity index (χ3v) is 3.64. The molecule has 0 aliphatic rings. The molecule has 0 spiro atoms. The Hall–Kier alpha value is -2.35. The maximum atomic E-state index is 13.2. The minimum absolute atomic E-state index is 0.323. The number of aryl methyl sites for hydroxylation is 2. The Bertz CT molecular complexity index is 680. The fourth-order valence-corrected chi connectivity index (χ4v) is 2.35. The average Bonchev–Trinajstić information content (AvgIpc) is 2.67. The van der Waals surface area contributed by atoms with Crippen LogP contribution in [-0.2, 0) is 0 Å². The number of amides is 1. The van der Waals surface area contributed by atoms with Gasteiger partial charge < -0.3 is 0 Å². The number of nitro groups is 1. The maximum Gasteiger partial charge on any atom is 0.282 e. The van der Waals surface area contributed by atoms with E-state index in [0.29, 0.717) is 5.13 Å². The zero-order chi connectivity index (χ0) is 14.9. The van der Waals surface area contributed by atoms with Gasteiger partial charge in [-0.3, -0.25) is 20.2 Å². The van der Waals surface area contributed by atoms with Crippen molar-refractivity contribution in [2.24, 2.45) is 0 Å². The number of rotatable bonds is 3. The molecule has 0 aliphatic carbocycles. The molecule has 2 rings (SSSR count). The number of hydrogen-bond acceptors (Lipinski definition) is 5. The van der Waals surface area contributed by atoms with E-state index in [0.717, 1.165) is 28.8 Å². The van der Waals surface area contributed by atoms with Crippen molar-refractivity contribution in [2.45, 2.75) is 13.8 Å². The van der Waals surface area contributed by atoms with E-state index in [1.165, 1.54) is 11.3 Å². The van der Waals surface area contributed by atoms with Crippen LogP contribution in [0.1, 0.15) is 20.9 Å². The number of thiazole rings is 1. The van der Waals surface area contributed by atoms with Crippen molar-refractivity contribution in [2.75, 3.05) is 5.32 Å². The quantitative estimate of drug-likeness (QED) is 0.696. The SMILES string of the molecule is Cc1nc(NC(=O)c2cc(F)ccc2[N+](=O)[O-])sc1C. The summed E-state index contributed by atoms with van der Waals surface area (Å²) in [5.74, 6) is -1.47. The van der Waals surface area contributed by atoms with Crippen molar-refractivity contribution in [1.82, 2.24) is 4.98 Å². The van der Waals surface area contributed by atoms with E-state index in [1.54, 1.807) is 6.92 Å². The molecule has 0 saturated heterocycles. The molecular weight excluding hydrogens is 285 g/mol. The standard InChI is InChI=1S/C12H10FN3O3S/c1-6-7(2)20-12(14-6)15-11(17)9-5-8(13)3-4-10(9)16(18)19/h3-5H,1-2H3,(H,14,15,17). The van der Waals surface area contributed by atoms with E-state index in [4.69, 9.17) is 0 Å². The molecule has 1 heterocycles. The highest BCUT2D eigenvalue weighted by Gasteiger charge is 2.21. The van der Waals surface area contributed by atoms with Gasteiger partial charge in [0.05, 0.1) is 10.6 Å². The number of nitrogens with zero attached hydrogens (tertiary/aromatic N) is 2. The Labute approximate surface area is 117 Å². The predicted octanol–water partition coefficient (Wildman–Crippen LogP) is 3.06. The van der Waals surface area contributed by atoms with Crippen LogP contribution in [-0.4, -0.2) is 15.8 Å². The summed E-state index contributed by atoms with van der Waals surface area (Å²) in [6, 6.07) is 2.73. The first-order valence-electron chi connectivity index (χ1n) is 5.58. The molecule has 1 amide bonds. The van der Waals surface area contributed by atoms with Crippen LogP contribution in [0.4, 0.5) is 15.2 Å². The van der Waals surface area contributed by atoms with Gasteiger partial charge in [-0.25, -0.2) is 9.37 Å². The topological polar surface area (TPSA) is 85.1 Å². The van der Waals surface area contributed by atoms with Crippen LogP contribution in [0, 0.1) is 29.8 Å². The third-order valence-electron chi connectivity index (χ3n) is 2.65. The number of aromatic nitrogens is 1. The molecule has 0 saturated carbocycles. The van der Waals surface area contributed by atoms with Gasteiger partial charge >= 0.3 is 0 Å². The van der Waals surface area contributed by atoms with E-state index in [9.17, 15) is 19.3 Å². The zero-order valence-corrected chi connectivity index (χ0v) is 11.5. The first-order valence-corrected chi connectivity index (χ1v) is 6.39. The van der Waals surface area contributed by atoms with Crippen LogP contribution in [0.3, 0.4) is 0 Å². The molecule has 1 aromatic heterocycles. The van der Waals surface area contributed by atoms with E-state index in [-0.39, 0.29) is 5.56 Å². The number of nitro benzene ring substituents is 1. The first kappa shape index (κ1) is 14.1. The minimum atomic E-state index is -0.759. The summed E-state index contributed by atoms with van der Waals surface area (Å²) in [6.07, 6.45) is 0. The smallest absolute Gasteiger partial charge is 0.282 e. The molecule has 1 N–H and O–H groups in total. The van der Waals surface area contributed by atoms with Gasteiger partial charge in [0.25, 0.3) is 11.6 Å². The van der Waals surface area contributed by atoms with E-state index in [1.807, 2.05) is 6.92 Å². The first-order chi connectivity index (χ1) is 9.38. The normalized spacial score (nSPS) is 10.3. The summed E-state index contributed by atoms with van der Waals surface area (Å²) in [5.41, 5.74) is -0.0200. The van der Waals surface area contributed by atoms with Crippen molar-refractivity contribution < 1.29 is 14.1 Å². The lowest BCUT2D eigenvalue weighted by Gasteiger charge is -2.03. The number of benzene rings is 1. The summed E-state index contributed by atoms with van der Waals surface area (Å²) in [7, 11) is 0. The van der Waals surface area contributed by atoms with Gasteiger partial charge in [0.1, 0.15) is 11.4 Å². The van der Waals surface area contributed by atoms with Crippen molar-refractivity contribution in [3.05, 3.63) is 50.3 Å². The lowest BCUT2D eigenvalue weighted by atomic mass is 10.1. The van der Waals surface area contributed by atoms with Gasteiger partial charge in [-0.05, 0) is 26.0 Å².